The van der Waals surface area contributed by atoms with Crippen molar-refractivity contribution in [2.45, 2.75) is 96.9 Å². The van der Waals surface area contributed by atoms with Gasteiger partial charge < -0.3 is 35.5 Å². The van der Waals surface area contributed by atoms with Crippen molar-refractivity contribution in [1.82, 2.24) is 15.2 Å². The molecule has 0 aliphatic carbocycles. The highest BCUT2D eigenvalue weighted by Gasteiger charge is 2.44. The highest BCUT2D eigenvalue weighted by molar-refractivity contribution is 5.84. The standard InChI is InChI=1S/C38H47F5N4O7/c1-36(2,3)30(28-18-23(25-19-24(39)12-13-26(25)40)21-47(28)20-22-10-8-7-9-11-22)31(48)33(50)46-16-14-27(44)32(49)45-17-15-29(34(51)54-37(4,5)6)53-35(52)38(41,42)43/h7-13,18-19,21,27,29-31,48H,14-17,20,44H2,1-6H3,(H,45,49)(H,46,50)/t27-,29?,30+,31-/m0/s1. The van der Waals surface area contributed by atoms with E-state index in [4.69, 9.17) is 10.5 Å². The Labute approximate surface area is 310 Å². The molecule has 0 fully saturated rings. The number of halogens is 5. The first-order valence-electron chi connectivity index (χ1n) is 17.2. The summed E-state index contributed by atoms with van der Waals surface area (Å²) in [6.07, 6.45) is -8.02. The first-order valence-corrected chi connectivity index (χ1v) is 17.2. The zero-order chi connectivity index (χ0) is 40.6. The van der Waals surface area contributed by atoms with Crippen molar-refractivity contribution in [2.24, 2.45) is 11.1 Å². The number of aromatic nitrogens is 1. The molecule has 0 saturated heterocycles. The molecule has 11 nitrogen and oxygen atoms in total. The molecule has 0 saturated carbocycles. The van der Waals surface area contributed by atoms with Crippen LogP contribution in [0.25, 0.3) is 11.1 Å². The molecule has 3 rings (SSSR count). The lowest BCUT2D eigenvalue weighted by Gasteiger charge is -2.35. The smallest absolute Gasteiger partial charge is 0.457 e. The number of hydrogen-bond acceptors (Lipinski definition) is 8. The minimum absolute atomic E-state index is 0.00427. The Morgan fingerprint density at radius 3 is 2.07 bits per heavy atom. The molecular formula is C38H47F5N4O7. The fourth-order valence-corrected chi connectivity index (χ4v) is 5.64. The van der Waals surface area contributed by atoms with Crippen molar-refractivity contribution in [3.8, 4) is 11.1 Å². The molecule has 1 unspecified atom stereocenters. The molecular weight excluding hydrogens is 719 g/mol. The van der Waals surface area contributed by atoms with Gasteiger partial charge in [-0.3, -0.25) is 9.59 Å². The molecule has 4 atom stereocenters. The highest BCUT2D eigenvalue weighted by Crippen LogP contribution is 2.41. The second-order valence-corrected chi connectivity index (χ2v) is 14.9. The highest BCUT2D eigenvalue weighted by atomic mass is 19.4. The van der Waals surface area contributed by atoms with Gasteiger partial charge in [0, 0.05) is 55.0 Å². The maximum Gasteiger partial charge on any atom is 0.490 e. The third-order valence-corrected chi connectivity index (χ3v) is 8.15. The second-order valence-electron chi connectivity index (χ2n) is 14.9. The number of aliphatic hydroxyl groups is 1. The van der Waals surface area contributed by atoms with E-state index in [-0.39, 0.29) is 18.5 Å². The van der Waals surface area contributed by atoms with E-state index in [1.807, 2.05) is 51.1 Å². The van der Waals surface area contributed by atoms with Gasteiger partial charge in [-0.15, -0.1) is 0 Å². The summed E-state index contributed by atoms with van der Waals surface area (Å²) in [5.41, 5.74) is 5.81. The van der Waals surface area contributed by atoms with E-state index in [9.17, 15) is 46.2 Å². The molecule has 1 heterocycles. The number of ether oxygens (including phenoxy) is 2. The minimum Gasteiger partial charge on any atom is -0.457 e. The van der Waals surface area contributed by atoms with Gasteiger partial charge >= 0.3 is 18.1 Å². The molecule has 3 aromatic rings. The van der Waals surface area contributed by atoms with Gasteiger partial charge in [-0.05, 0) is 62.4 Å². The number of hydrogen-bond donors (Lipinski definition) is 4. The molecule has 296 valence electrons. The number of esters is 2. The van der Waals surface area contributed by atoms with Crippen molar-refractivity contribution in [3.05, 3.63) is 83.7 Å². The predicted molar refractivity (Wildman–Crippen MR) is 189 cm³/mol. The second kappa shape index (κ2) is 18.0. The summed E-state index contributed by atoms with van der Waals surface area (Å²) >= 11 is 0. The summed E-state index contributed by atoms with van der Waals surface area (Å²) in [6, 6.07) is 12.8. The van der Waals surface area contributed by atoms with Crippen LogP contribution in [0.15, 0.2) is 60.8 Å². The largest absolute Gasteiger partial charge is 0.490 e. The van der Waals surface area contributed by atoms with Crippen LogP contribution in [0.2, 0.25) is 0 Å². The van der Waals surface area contributed by atoms with E-state index in [1.165, 1.54) is 20.8 Å². The van der Waals surface area contributed by atoms with Crippen LogP contribution in [0.3, 0.4) is 0 Å². The van der Waals surface area contributed by atoms with Crippen LogP contribution in [0.1, 0.15) is 71.6 Å². The monoisotopic (exact) mass is 766 g/mol. The number of benzene rings is 2. The van der Waals surface area contributed by atoms with Gasteiger partial charge in [0.25, 0.3) is 0 Å². The number of alkyl halides is 3. The summed E-state index contributed by atoms with van der Waals surface area (Å²) < 4.78 is 78.5. The van der Waals surface area contributed by atoms with Gasteiger partial charge in [0.1, 0.15) is 23.3 Å². The van der Waals surface area contributed by atoms with Crippen LogP contribution in [-0.2, 0) is 35.2 Å². The number of carbonyl (C=O) groups excluding carboxylic acids is 4. The molecule has 54 heavy (non-hydrogen) atoms. The summed E-state index contributed by atoms with van der Waals surface area (Å²) in [6.45, 7) is 9.55. The number of nitrogens with zero attached hydrogens (tertiary/aromatic N) is 1. The molecule has 2 amide bonds. The number of nitrogens with two attached hydrogens (primary N) is 1. The van der Waals surface area contributed by atoms with Gasteiger partial charge in [-0.25, -0.2) is 18.4 Å². The zero-order valence-electron chi connectivity index (χ0n) is 30.9. The first kappa shape index (κ1) is 43.6. The third-order valence-electron chi connectivity index (χ3n) is 8.15. The van der Waals surface area contributed by atoms with E-state index >= 15 is 0 Å². The quantitative estimate of drug-likeness (QED) is 0.122. The number of rotatable bonds is 15. The molecule has 0 radical (unpaired) electrons. The molecule has 2 aromatic carbocycles. The normalized spacial score (nSPS) is 14.4. The van der Waals surface area contributed by atoms with Crippen molar-refractivity contribution >= 4 is 23.8 Å². The topological polar surface area (TPSA) is 162 Å². The molecule has 5 N–H and O–H groups in total. The minimum atomic E-state index is -5.37. The molecule has 0 spiro atoms. The van der Waals surface area contributed by atoms with E-state index in [0.29, 0.717) is 17.8 Å². The van der Waals surface area contributed by atoms with E-state index in [0.717, 1.165) is 23.8 Å². The van der Waals surface area contributed by atoms with Crippen LogP contribution in [0, 0.1) is 17.0 Å². The van der Waals surface area contributed by atoms with Gasteiger partial charge in [0.15, 0.2) is 0 Å². The van der Waals surface area contributed by atoms with Gasteiger partial charge in [0.2, 0.25) is 17.9 Å². The van der Waals surface area contributed by atoms with E-state index in [1.54, 1.807) is 16.8 Å². The summed E-state index contributed by atoms with van der Waals surface area (Å²) in [7, 11) is 0. The third kappa shape index (κ3) is 12.6. The van der Waals surface area contributed by atoms with Crippen LogP contribution < -0.4 is 16.4 Å². The lowest BCUT2D eigenvalue weighted by Crippen LogP contribution is -2.47. The Balaban J connectivity index is 1.70. The molecule has 0 aliphatic heterocycles. The van der Waals surface area contributed by atoms with Gasteiger partial charge in [0.05, 0.1) is 6.04 Å². The van der Waals surface area contributed by atoms with Crippen LogP contribution >= 0.6 is 0 Å². The number of aliphatic hydroxyl groups excluding tert-OH is 1. The van der Waals surface area contributed by atoms with Crippen molar-refractivity contribution < 1.29 is 55.7 Å². The van der Waals surface area contributed by atoms with E-state index in [2.05, 4.69) is 15.4 Å². The Morgan fingerprint density at radius 1 is 0.870 bits per heavy atom. The summed E-state index contributed by atoms with van der Waals surface area (Å²) in [5.74, 6) is -7.57. The van der Waals surface area contributed by atoms with Crippen LogP contribution in [0.4, 0.5) is 22.0 Å². The van der Waals surface area contributed by atoms with Crippen molar-refractivity contribution in [1.29, 1.82) is 0 Å². The van der Waals surface area contributed by atoms with Crippen molar-refractivity contribution in [3.63, 3.8) is 0 Å². The molecule has 16 heteroatoms. The number of carbonyl (C=O) groups is 4. The first-order chi connectivity index (χ1) is 25.0. The maximum atomic E-state index is 14.9. The fourth-order valence-electron chi connectivity index (χ4n) is 5.64. The van der Waals surface area contributed by atoms with E-state index < -0.39 is 89.7 Å². The predicted octanol–water partition coefficient (Wildman–Crippen LogP) is 5.13. The molecule has 1 aromatic heterocycles. The molecule has 0 bridgehead atoms. The van der Waals surface area contributed by atoms with Crippen molar-refractivity contribution in [2.75, 3.05) is 13.1 Å². The maximum absolute atomic E-state index is 14.9. The van der Waals surface area contributed by atoms with Crippen LogP contribution in [-0.4, -0.2) is 76.5 Å². The lowest BCUT2D eigenvalue weighted by atomic mass is 9.74. The SMILES string of the molecule is CC(C)(C)OC(=O)C(CCNC(=O)[C@@H](N)CCNC(=O)[C@@H](O)[C@@H](c1cc(-c2cc(F)ccc2F)cn1Cc1ccccc1)C(C)(C)C)OC(=O)C(F)(F)F. The average Bonchev–Trinajstić information content (AvgIpc) is 3.45. The fraction of sp³-hybridized carbons (Fsp3) is 0.474. The van der Waals surface area contributed by atoms with Gasteiger partial charge in [-0.2, -0.15) is 13.2 Å². The Hall–Kier alpha value is -4.83. The lowest BCUT2D eigenvalue weighted by molar-refractivity contribution is -0.210. The number of nitrogens with one attached hydrogen (secondary N) is 2. The molecule has 0 aliphatic rings. The summed E-state index contributed by atoms with van der Waals surface area (Å²) in [4.78, 5) is 49.8. The summed E-state index contributed by atoms with van der Waals surface area (Å²) in [5, 5.41) is 16.4. The Bertz CT molecular complexity index is 1770. The average molecular weight is 767 g/mol. The Morgan fingerprint density at radius 2 is 1.48 bits per heavy atom. The van der Waals surface area contributed by atoms with Crippen LogP contribution in [0.5, 0.6) is 0 Å². The van der Waals surface area contributed by atoms with Gasteiger partial charge in [-0.1, -0.05) is 51.1 Å². The Kier molecular flexibility index (Phi) is 14.5. The number of amides is 2. The zero-order valence-corrected chi connectivity index (χ0v) is 30.9.